The number of hydrogen-bond donors (Lipinski definition) is 1. The molecule has 1 aromatic heterocycles. The zero-order chi connectivity index (χ0) is 15.8. The summed E-state index contributed by atoms with van der Waals surface area (Å²) in [5.74, 6) is 0.739. The molecule has 118 valence electrons. The molecule has 2 aromatic rings. The van der Waals surface area contributed by atoms with Gasteiger partial charge in [0.15, 0.2) is 4.34 Å². The Hall–Kier alpha value is -1.05. The molecule has 0 bridgehead atoms. The summed E-state index contributed by atoms with van der Waals surface area (Å²) >= 11 is 4.81. The molecule has 0 fully saturated rings. The molecule has 1 aromatic carbocycles. The van der Waals surface area contributed by atoms with Crippen LogP contribution in [0.25, 0.3) is 0 Å². The van der Waals surface area contributed by atoms with Crippen LogP contribution in [-0.4, -0.2) is 27.1 Å². The molecule has 0 saturated carbocycles. The second-order valence-corrected chi connectivity index (χ2v) is 8.50. The number of rotatable bonds is 8. The third-order valence-electron chi connectivity index (χ3n) is 2.87. The van der Waals surface area contributed by atoms with E-state index in [-0.39, 0.29) is 5.91 Å². The maximum atomic E-state index is 11.9. The minimum atomic E-state index is -0.0142. The van der Waals surface area contributed by atoms with Crippen LogP contribution in [0.4, 0.5) is 5.13 Å². The third kappa shape index (κ3) is 5.98. The summed E-state index contributed by atoms with van der Waals surface area (Å²) in [7, 11) is 0. The van der Waals surface area contributed by atoms with Gasteiger partial charge in [-0.1, -0.05) is 55.1 Å². The van der Waals surface area contributed by atoms with Gasteiger partial charge in [-0.3, -0.25) is 4.79 Å². The number of nitrogens with one attached hydrogen (secondary N) is 1. The zero-order valence-electron chi connectivity index (χ0n) is 12.6. The van der Waals surface area contributed by atoms with Gasteiger partial charge in [-0.05, 0) is 18.6 Å². The van der Waals surface area contributed by atoms with Crippen molar-refractivity contribution in [1.29, 1.82) is 0 Å². The van der Waals surface area contributed by atoms with Crippen molar-refractivity contribution in [2.75, 3.05) is 11.1 Å². The SMILES string of the molecule is CCC(C)Sc1nnc(NC(=O)CCSc2ccccc2)s1. The predicted molar refractivity (Wildman–Crippen MR) is 95.9 cm³/mol. The number of hydrogen-bond acceptors (Lipinski definition) is 6. The van der Waals surface area contributed by atoms with Crippen molar-refractivity contribution in [3.8, 4) is 0 Å². The Morgan fingerprint density at radius 3 is 2.82 bits per heavy atom. The number of aromatic nitrogens is 2. The van der Waals surface area contributed by atoms with Crippen LogP contribution in [-0.2, 0) is 4.79 Å². The highest BCUT2D eigenvalue weighted by Gasteiger charge is 2.10. The van der Waals surface area contributed by atoms with Crippen LogP contribution in [0.15, 0.2) is 39.6 Å². The summed E-state index contributed by atoms with van der Waals surface area (Å²) in [5, 5.41) is 12.0. The first-order valence-corrected chi connectivity index (χ1v) is 9.83. The molecule has 1 atom stereocenters. The minimum absolute atomic E-state index is 0.0142. The van der Waals surface area contributed by atoms with Gasteiger partial charge >= 0.3 is 0 Å². The summed E-state index contributed by atoms with van der Waals surface area (Å²) in [6, 6.07) is 10.1. The fraction of sp³-hybridized carbons (Fsp3) is 0.400. The van der Waals surface area contributed by atoms with E-state index in [9.17, 15) is 4.79 Å². The molecule has 0 spiro atoms. The van der Waals surface area contributed by atoms with Crippen LogP contribution >= 0.6 is 34.9 Å². The number of nitrogens with zero attached hydrogens (tertiary/aromatic N) is 2. The highest BCUT2D eigenvalue weighted by atomic mass is 32.2. The molecule has 1 amide bonds. The zero-order valence-corrected chi connectivity index (χ0v) is 15.1. The Bertz CT molecular complexity index is 589. The fourth-order valence-electron chi connectivity index (χ4n) is 1.52. The second-order valence-electron chi connectivity index (χ2n) is 4.67. The van der Waals surface area contributed by atoms with Crippen molar-refractivity contribution in [3.63, 3.8) is 0 Å². The molecule has 4 nitrogen and oxygen atoms in total. The maximum Gasteiger partial charge on any atom is 0.227 e. The highest BCUT2D eigenvalue weighted by molar-refractivity contribution is 8.01. The predicted octanol–water partition coefficient (Wildman–Crippen LogP) is 4.55. The largest absolute Gasteiger partial charge is 0.300 e. The van der Waals surface area contributed by atoms with Crippen molar-refractivity contribution >= 4 is 45.9 Å². The Balaban J connectivity index is 1.73. The molecule has 0 aliphatic rings. The van der Waals surface area contributed by atoms with Crippen molar-refractivity contribution in [3.05, 3.63) is 30.3 Å². The van der Waals surface area contributed by atoms with E-state index in [1.54, 1.807) is 23.5 Å². The summed E-state index contributed by atoms with van der Waals surface area (Å²) in [5.41, 5.74) is 0. The van der Waals surface area contributed by atoms with Gasteiger partial charge in [0.05, 0.1) is 0 Å². The number of carbonyl (C=O) groups excluding carboxylic acids is 1. The van der Waals surface area contributed by atoms with E-state index in [1.165, 1.54) is 16.2 Å². The molecular formula is C15H19N3OS3. The highest BCUT2D eigenvalue weighted by Crippen LogP contribution is 2.30. The first-order valence-electron chi connectivity index (χ1n) is 7.15. The molecule has 0 aliphatic carbocycles. The molecule has 0 aliphatic heterocycles. The van der Waals surface area contributed by atoms with Gasteiger partial charge in [0, 0.05) is 22.3 Å². The van der Waals surface area contributed by atoms with Gasteiger partial charge in [-0.15, -0.1) is 22.0 Å². The van der Waals surface area contributed by atoms with E-state index in [2.05, 4.69) is 29.4 Å². The lowest BCUT2D eigenvalue weighted by Gasteiger charge is -2.03. The fourth-order valence-corrected chi connectivity index (χ4v) is 4.41. The van der Waals surface area contributed by atoms with Crippen molar-refractivity contribution < 1.29 is 4.79 Å². The van der Waals surface area contributed by atoms with Gasteiger partial charge in [0.25, 0.3) is 0 Å². The van der Waals surface area contributed by atoms with E-state index in [0.717, 1.165) is 16.5 Å². The van der Waals surface area contributed by atoms with Gasteiger partial charge in [-0.2, -0.15) is 0 Å². The standard InChI is InChI=1S/C15H19N3OS3/c1-3-11(2)21-15-18-17-14(22-15)16-13(19)9-10-20-12-7-5-4-6-8-12/h4-8,11H,3,9-10H2,1-2H3,(H,16,17,19). The monoisotopic (exact) mass is 353 g/mol. The third-order valence-corrected chi connectivity index (χ3v) is 6.08. The Labute approximate surface area is 143 Å². The van der Waals surface area contributed by atoms with E-state index >= 15 is 0 Å². The van der Waals surface area contributed by atoms with E-state index in [1.807, 2.05) is 30.3 Å². The topological polar surface area (TPSA) is 54.9 Å². The molecule has 2 rings (SSSR count). The molecule has 1 N–H and O–H groups in total. The van der Waals surface area contributed by atoms with E-state index in [0.29, 0.717) is 16.8 Å². The number of anilines is 1. The molecule has 1 heterocycles. The average molecular weight is 354 g/mol. The summed E-state index contributed by atoms with van der Waals surface area (Å²) < 4.78 is 0.906. The molecule has 7 heteroatoms. The minimum Gasteiger partial charge on any atom is -0.300 e. The van der Waals surface area contributed by atoms with E-state index in [4.69, 9.17) is 0 Å². The van der Waals surface area contributed by atoms with Gasteiger partial charge < -0.3 is 5.32 Å². The lowest BCUT2D eigenvalue weighted by atomic mass is 10.4. The second kappa shape index (κ2) is 9.17. The van der Waals surface area contributed by atoms with Gasteiger partial charge in [0.2, 0.25) is 11.0 Å². The lowest BCUT2D eigenvalue weighted by molar-refractivity contribution is -0.115. The summed E-state index contributed by atoms with van der Waals surface area (Å²) in [4.78, 5) is 13.1. The number of benzene rings is 1. The number of amides is 1. The molecule has 22 heavy (non-hydrogen) atoms. The van der Waals surface area contributed by atoms with Crippen molar-refractivity contribution in [2.24, 2.45) is 0 Å². The van der Waals surface area contributed by atoms with Crippen molar-refractivity contribution in [2.45, 2.75) is 41.2 Å². The summed E-state index contributed by atoms with van der Waals surface area (Å²) in [6.07, 6.45) is 1.55. The van der Waals surface area contributed by atoms with Crippen LogP contribution in [0, 0.1) is 0 Å². The van der Waals surface area contributed by atoms with Crippen LogP contribution in [0.5, 0.6) is 0 Å². The first-order chi connectivity index (χ1) is 10.7. The van der Waals surface area contributed by atoms with Gasteiger partial charge in [-0.25, -0.2) is 0 Å². The van der Waals surface area contributed by atoms with E-state index < -0.39 is 0 Å². The molecular weight excluding hydrogens is 334 g/mol. The Morgan fingerprint density at radius 2 is 2.09 bits per heavy atom. The summed E-state index contributed by atoms with van der Waals surface area (Å²) in [6.45, 7) is 4.30. The first kappa shape index (κ1) is 17.3. The smallest absolute Gasteiger partial charge is 0.227 e. The normalized spacial score (nSPS) is 12.1. The van der Waals surface area contributed by atoms with Crippen LogP contribution in [0.2, 0.25) is 0 Å². The van der Waals surface area contributed by atoms with Gasteiger partial charge in [0.1, 0.15) is 0 Å². The Morgan fingerprint density at radius 1 is 1.32 bits per heavy atom. The number of thioether (sulfide) groups is 2. The lowest BCUT2D eigenvalue weighted by Crippen LogP contribution is -2.11. The van der Waals surface area contributed by atoms with Crippen molar-refractivity contribution in [1.82, 2.24) is 10.2 Å². The molecule has 0 saturated heterocycles. The number of carbonyl (C=O) groups is 1. The quantitative estimate of drug-likeness (QED) is 0.557. The molecule has 1 unspecified atom stereocenters. The maximum absolute atomic E-state index is 11.9. The molecule has 0 radical (unpaired) electrons. The van der Waals surface area contributed by atoms with Crippen LogP contribution < -0.4 is 5.32 Å². The Kier molecular flexibility index (Phi) is 7.21. The van der Waals surface area contributed by atoms with Crippen LogP contribution in [0.3, 0.4) is 0 Å². The average Bonchev–Trinajstić information content (AvgIpc) is 2.95. The van der Waals surface area contributed by atoms with Crippen LogP contribution in [0.1, 0.15) is 26.7 Å².